The maximum Gasteiger partial charge on any atom is -0.00695 e. The zero-order valence-corrected chi connectivity index (χ0v) is 15.2. The lowest BCUT2D eigenvalue weighted by atomic mass is 9.84. The summed E-state index contributed by atoms with van der Waals surface area (Å²) in [6.07, 6.45) is 11.6. The van der Waals surface area contributed by atoms with Gasteiger partial charge in [0.25, 0.3) is 0 Å². The van der Waals surface area contributed by atoms with Crippen LogP contribution in [-0.4, -0.2) is 0 Å². The van der Waals surface area contributed by atoms with E-state index in [0.717, 1.165) is 31.6 Å². The number of allylic oxidation sites excluding steroid dienone is 4. The normalized spacial score (nSPS) is 21.3. The molecule has 0 nitrogen and oxygen atoms in total. The highest BCUT2D eigenvalue weighted by molar-refractivity contribution is 5.31. The van der Waals surface area contributed by atoms with Crippen molar-refractivity contribution in [2.45, 2.75) is 59.3 Å². The van der Waals surface area contributed by atoms with Gasteiger partial charge in [-0.1, -0.05) is 72.7 Å². The molecule has 1 aromatic rings. The zero-order valence-electron chi connectivity index (χ0n) is 15.2. The van der Waals surface area contributed by atoms with E-state index < -0.39 is 0 Å². The van der Waals surface area contributed by atoms with Gasteiger partial charge in [-0.3, -0.25) is 0 Å². The molecule has 0 aliphatic heterocycles. The molecule has 0 spiro atoms. The summed E-state index contributed by atoms with van der Waals surface area (Å²) in [7, 11) is 0. The van der Waals surface area contributed by atoms with Gasteiger partial charge in [-0.15, -0.1) is 0 Å². The highest BCUT2D eigenvalue weighted by Gasteiger charge is 2.29. The van der Waals surface area contributed by atoms with Gasteiger partial charge in [0.1, 0.15) is 0 Å². The van der Waals surface area contributed by atoms with Crippen LogP contribution >= 0.6 is 0 Å². The van der Waals surface area contributed by atoms with Gasteiger partial charge in [0.2, 0.25) is 0 Å². The van der Waals surface area contributed by atoms with Crippen LogP contribution in [0.3, 0.4) is 0 Å². The topological polar surface area (TPSA) is 0 Å². The predicted octanol–water partition coefficient (Wildman–Crippen LogP) is 6.73. The fraction of sp³-hybridized carbons (Fsp3) is 0.478. The molecule has 23 heavy (non-hydrogen) atoms. The van der Waals surface area contributed by atoms with E-state index in [-0.39, 0.29) is 0 Å². The van der Waals surface area contributed by atoms with Gasteiger partial charge in [0, 0.05) is 0 Å². The van der Waals surface area contributed by atoms with Crippen molar-refractivity contribution >= 4 is 0 Å². The molecule has 2 unspecified atom stereocenters. The van der Waals surface area contributed by atoms with E-state index in [0.29, 0.717) is 5.92 Å². The van der Waals surface area contributed by atoms with E-state index >= 15 is 0 Å². The second-order valence-corrected chi connectivity index (χ2v) is 7.31. The first-order valence-corrected chi connectivity index (χ1v) is 9.06. The van der Waals surface area contributed by atoms with Crippen molar-refractivity contribution in [3.8, 4) is 0 Å². The Balaban J connectivity index is 1.95. The molecular weight excluding hydrogens is 276 g/mol. The van der Waals surface area contributed by atoms with Gasteiger partial charge < -0.3 is 0 Å². The van der Waals surface area contributed by atoms with E-state index in [1.54, 1.807) is 0 Å². The molecule has 0 amide bonds. The molecular formula is C23H32. The largest absolute Gasteiger partial charge is 0.0996 e. The molecule has 0 bridgehead atoms. The maximum absolute atomic E-state index is 4.38. The first kappa shape index (κ1) is 17.8. The number of rotatable bonds is 7. The summed E-state index contributed by atoms with van der Waals surface area (Å²) in [6.45, 7) is 15.2. The predicted molar refractivity (Wildman–Crippen MR) is 103 cm³/mol. The number of aryl methyl sites for hydroxylation is 2. The van der Waals surface area contributed by atoms with Gasteiger partial charge in [0.15, 0.2) is 0 Å². The molecule has 2 atom stereocenters. The Morgan fingerprint density at radius 1 is 1.17 bits per heavy atom. The quantitative estimate of drug-likeness (QED) is 0.490. The average molecular weight is 309 g/mol. The van der Waals surface area contributed by atoms with Gasteiger partial charge >= 0.3 is 0 Å². The van der Waals surface area contributed by atoms with Crippen LogP contribution in [0.15, 0.2) is 54.7 Å². The number of hydrogen-bond acceptors (Lipinski definition) is 0. The lowest BCUT2D eigenvalue weighted by Gasteiger charge is -2.20. The number of hydrogen-bond donors (Lipinski definition) is 0. The zero-order chi connectivity index (χ0) is 16.8. The Kier molecular flexibility index (Phi) is 6.45. The van der Waals surface area contributed by atoms with Gasteiger partial charge in [0.05, 0.1) is 0 Å². The molecule has 0 aromatic heterocycles. The maximum atomic E-state index is 4.38. The van der Waals surface area contributed by atoms with Crippen molar-refractivity contribution < 1.29 is 0 Å². The molecule has 1 saturated carbocycles. The summed E-state index contributed by atoms with van der Waals surface area (Å²) < 4.78 is 0. The standard InChI is InChI=1S/C23H32/c1-6-7-8-9-23-20(5)10-11-22(23)16-19(4)15-21-13-17(2)12-18(3)14-21/h7-8,12-14,22-23H,4-6,9-11,15-16H2,1-3H3/b8-7-. The molecule has 0 saturated heterocycles. The van der Waals surface area contributed by atoms with Crippen LogP contribution in [0.25, 0.3) is 0 Å². The first-order valence-electron chi connectivity index (χ1n) is 9.06. The van der Waals surface area contributed by atoms with Crippen molar-refractivity contribution in [1.82, 2.24) is 0 Å². The summed E-state index contributed by atoms with van der Waals surface area (Å²) in [5, 5.41) is 0. The molecule has 1 fully saturated rings. The molecule has 2 rings (SSSR count). The van der Waals surface area contributed by atoms with Gasteiger partial charge in [-0.25, -0.2) is 0 Å². The molecule has 1 aliphatic rings. The molecule has 1 aromatic carbocycles. The van der Waals surface area contributed by atoms with Crippen LogP contribution < -0.4 is 0 Å². The highest BCUT2D eigenvalue weighted by Crippen LogP contribution is 2.41. The minimum absolute atomic E-state index is 0.661. The lowest BCUT2D eigenvalue weighted by molar-refractivity contribution is 0.418. The van der Waals surface area contributed by atoms with E-state index in [9.17, 15) is 0 Å². The molecule has 0 N–H and O–H groups in total. The first-order chi connectivity index (χ1) is 11.0. The van der Waals surface area contributed by atoms with E-state index in [4.69, 9.17) is 0 Å². The lowest BCUT2D eigenvalue weighted by Crippen LogP contribution is -2.10. The highest BCUT2D eigenvalue weighted by atomic mass is 14.3. The minimum atomic E-state index is 0.661. The third kappa shape index (κ3) is 5.23. The van der Waals surface area contributed by atoms with Crippen molar-refractivity contribution in [1.29, 1.82) is 0 Å². The SMILES string of the molecule is C=C(Cc1cc(C)cc(C)c1)CC1CCC(=C)C1C/C=C\CC. The Labute approximate surface area is 143 Å². The van der Waals surface area contributed by atoms with E-state index in [2.05, 4.69) is 64.3 Å². The van der Waals surface area contributed by atoms with Crippen LogP contribution in [0, 0.1) is 25.7 Å². The van der Waals surface area contributed by atoms with Crippen molar-refractivity contribution in [3.63, 3.8) is 0 Å². The van der Waals surface area contributed by atoms with E-state index in [1.165, 1.54) is 40.7 Å². The molecule has 0 heterocycles. The fourth-order valence-corrected chi connectivity index (χ4v) is 4.01. The number of benzene rings is 1. The summed E-state index contributed by atoms with van der Waals surface area (Å²) in [5.74, 6) is 1.40. The molecule has 0 heteroatoms. The van der Waals surface area contributed by atoms with Crippen LogP contribution in [-0.2, 0) is 6.42 Å². The second kappa shape index (κ2) is 8.34. The van der Waals surface area contributed by atoms with Crippen LogP contribution in [0.2, 0.25) is 0 Å². The average Bonchev–Trinajstić information content (AvgIpc) is 2.79. The van der Waals surface area contributed by atoms with Gasteiger partial charge in [-0.05, 0) is 69.8 Å². The minimum Gasteiger partial charge on any atom is -0.0996 e. The Bertz CT molecular complexity index is 568. The smallest absolute Gasteiger partial charge is 0.00695 e. The third-order valence-electron chi connectivity index (χ3n) is 5.01. The van der Waals surface area contributed by atoms with Crippen molar-refractivity contribution in [2.75, 3.05) is 0 Å². The van der Waals surface area contributed by atoms with E-state index in [1.807, 2.05) is 0 Å². The molecule has 1 aliphatic carbocycles. The van der Waals surface area contributed by atoms with Crippen LogP contribution in [0.4, 0.5) is 0 Å². The van der Waals surface area contributed by atoms with Gasteiger partial charge in [-0.2, -0.15) is 0 Å². The summed E-state index contributed by atoms with van der Waals surface area (Å²) in [6, 6.07) is 6.84. The summed E-state index contributed by atoms with van der Waals surface area (Å²) >= 11 is 0. The Morgan fingerprint density at radius 3 is 2.52 bits per heavy atom. The third-order valence-corrected chi connectivity index (χ3v) is 5.01. The molecule has 124 valence electrons. The summed E-state index contributed by atoms with van der Waals surface area (Å²) in [5.41, 5.74) is 6.94. The monoisotopic (exact) mass is 308 g/mol. The van der Waals surface area contributed by atoms with Crippen molar-refractivity contribution in [3.05, 3.63) is 71.3 Å². The van der Waals surface area contributed by atoms with Crippen molar-refractivity contribution in [2.24, 2.45) is 11.8 Å². The fourth-order valence-electron chi connectivity index (χ4n) is 4.01. The Hall–Kier alpha value is -1.56. The Morgan fingerprint density at radius 2 is 1.87 bits per heavy atom. The summed E-state index contributed by atoms with van der Waals surface area (Å²) in [4.78, 5) is 0. The molecule has 0 radical (unpaired) electrons. The van der Waals surface area contributed by atoms with Crippen LogP contribution in [0.5, 0.6) is 0 Å². The van der Waals surface area contributed by atoms with Crippen LogP contribution in [0.1, 0.15) is 55.7 Å². The second-order valence-electron chi connectivity index (χ2n) is 7.31.